The van der Waals surface area contributed by atoms with Gasteiger partial charge >= 0.3 is 5.97 Å². The zero-order chi connectivity index (χ0) is 24.7. The first-order valence-electron chi connectivity index (χ1n) is 11.1. The Morgan fingerprint density at radius 1 is 0.941 bits per heavy atom. The van der Waals surface area contributed by atoms with Crippen LogP contribution in [0.4, 0.5) is 4.39 Å². The first-order valence-corrected chi connectivity index (χ1v) is 11.1. The Balaban J connectivity index is 1.63. The number of aliphatic hydroxyl groups is 1. The number of hydrogen-bond acceptors (Lipinski definition) is 4. The molecule has 176 valence electrons. The van der Waals surface area contributed by atoms with Gasteiger partial charge in [0.1, 0.15) is 11.6 Å². The fraction of sp³-hybridized carbons (Fsp3) is 0.207. The molecule has 1 N–H and O–H groups in total. The molecule has 3 aromatic rings. The number of aryl methyl sites for hydroxylation is 1. The third kappa shape index (κ3) is 6.73. The molecule has 0 saturated carbocycles. The summed E-state index contributed by atoms with van der Waals surface area (Å²) < 4.78 is 25.4. The summed E-state index contributed by atoms with van der Waals surface area (Å²) in [5, 5.41) is 9.59. The van der Waals surface area contributed by atoms with Gasteiger partial charge in [0.2, 0.25) is 0 Å². The van der Waals surface area contributed by atoms with Gasteiger partial charge in [0.25, 0.3) is 0 Å². The Morgan fingerprint density at radius 3 is 2.15 bits per heavy atom. The molecule has 0 saturated heterocycles. The van der Waals surface area contributed by atoms with Crippen molar-refractivity contribution < 1.29 is 23.8 Å². The van der Waals surface area contributed by atoms with Crippen LogP contribution in [0.15, 0.2) is 91.0 Å². The van der Waals surface area contributed by atoms with Crippen molar-refractivity contribution in [1.29, 1.82) is 0 Å². The summed E-state index contributed by atoms with van der Waals surface area (Å²) in [7, 11) is 0. The Labute approximate surface area is 200 Å². The molecule has 0 aliphatic rings. The van der Waals surface area contributed by atoms with Crippen LogP contribution in [0, 0.1) is 5.82 Å². The molecule has 5 heteroatoms. The first-order chi connectivity index (χ1) is 16.2. The normalized spacial score (nSPS) is 11.6. The average molecular weight is 461 g/mol. The van der Waals surface area contributed by atoms with Crippen molar-refractivity contribution in [1.82, 2.24) is 0 Å². The van der Waals surface area contributed by atoms with Crippen molar-refractivity contribution in [2.75, 3.05) is 6.61 Å². The predicted octanol–water partition coefficient (Wildman–Crippen LogP) is 6.48. The molecule has 4 nitrogen and oxygen atoms in total. The van der Waals surface area contributed by atoms with E-state index in [4.69, 9.17) is 9.47 Å². The number of esters is 1. The van der Waals surface area contributed by atoms with Crippen molar-refractivity contribution in [3.63, 3.8) is 0 Å². The largest absolute Gasteiger partial charge is 0.423 e. The minimum absolute atomic E-state index is 0.311. The van der Waals surface area contributed by atoms with Gasteiger partial charge in [0.15, 0.2) is 6.29 Å². The number of carbonyl (C=O) groups is 1. The van der Waals surface area contributed by atoms with Gasteiger partial charge in [0.05, 0.1) is 6.61 Å². The Kier molecular flexibility index (Phi) is 8.52. The third-order valence-electron chi connectivity index (χ3n) is 5.29. The molecule has 0 aliphatic heterocycles. The number of halogens is 1. The van der Waals surface area contributed by atoms with Gasteiger partial charge in [-0.05, 0) is 72.7 Å². The molecule has 0 radical (unpaired) electrons. The summed E-state index contributed by atoms with van der Waals surface area (Å²) in [6.45, 7) is 11.0. The molecule has 0 heterocycles. The van der Waals surface area contributed by atoms with Crippen molar-refractivity contribution in [3.8, 4) is 28.0 Å². The molecule has 0 spiro atoms. The van der Waals surface area contributed by atoms with E-state index in [1.54, 1.807) is 44.2 Å². The molecule has 34 heavy (non-hydrogen) atoms. The Bertz CT molecular complexity index is 1160. The van der Waals surface area contributed by atoms with E-state index in [-0.39, 0.29) is 5.82 Å². The van der Waals surface area contributed by atoms with Crippen LogP contribution in [0.1, 0.15) is 25.8 Å². The minimum Gasteiger partial charge on any atom is -0.423 e. The smallest absolute Gasteiger partial charge is 0.338 e. The lowest BCUT2D eigenvalue weighted by Crippen LogP contribution is -2.13. The second kappa shape index (κ2) is 11.5. The highest BCUT2D eigenvalue weighted by molar-refractivity contribution is 5.88. The number of rotatable bonds is 10. The van der Waals surface area contributed by atoms with Gasteiger partial charge in [-0.25, -0.2) is 9.18 Å². The standard InChI is InChI=1S/C29H29FO4/c1-19(2)28(31)33-17-5-6-21-7-9-22(10-8-21)24-13-16-26(27(30)18-24)23-11-14-25(15-12-23)34-29(32)20(3)4/h7-16,18,28,31H,1,3,5-6,17H2,2,4H3. The number of hydrogen-bond donors (Lipinski definition) is 1. The lowest BCUT2D eigenvalue weighted by molar-refractivity contribution is -0.130. The highest BCUT2D eigenvalue weighted by Gasteiger charge is 2.10. The Hall–Kier alpha value is -3.54. The summed E-state index contributed by atoms with van der Waals surface area (Å²) >= 11 is 0. The molecule has 1 unspecified atom stereocenters. The summed E-state index contributed by atoms with van der Waals surface area (Å²) in [5.74, 6) is -0.446. The number of aliphatic hydroxyl groups excluding tert-OH is 1. The molecular weight excluding hydrogens is 431 g/mol. The molecule has 0 bridgehead atoms. The van der Waals surface area contributed by atoms with E-state index in [1.165, 1.54) is 6.07 Å². The molecule has 3 aromatic carbocycles. The monoisotopic (exact) mass is 460 g/mol. The Morgan fingerprint density at radius 2 is 1.56 bits per heavy atom. The summed E-state index contributed by atoms with van der Waals surface area (Å²) in [6, 6.07) is 19.8. The number of ether oxygens (including phenoxy) is 2. The lowest BCUT2D eigenvalue weighted by atomic mass is 9.98. The van der Waals surface area contributed by atoms with E-state index in [9.17, 15) is 14.3 Å². The quantitative estimate of drug-likeness (QED) is 0.0939. The molecule has 0 fully saturated rings. The molecule has 3 rings (SSSR count). The highest BCUT2D eigenvalue weighted by atomic mass is 19.1. The molecule has 0 amide bonds. The van der Waals surface area contributed by atoms with Crippen molar-refractivity contribution >= 4 is 5.97 Å². The van der Waals surface area contributed by atoms with Gasteiger partial charge in [0, 0.05) is 11.1 Å². The van der Waals surface area contributed by atoms with E-state index in [0.29, 0.717) is 34.6 Å². The SMILES string of the molecule is C=C(C)C(=O)Oc1ccc(-c2ccc(-c3ccc(CCCOC(O)C(=C)C)cc3)cc2F)cc1. The summed E-state index contributed by atoms with van der Waals surface area (Å²) in [4.78, 5) is 11.6. The molecule has 0 aromatic heterocycles. The topological polar surface area (TPSA) is 55.8 Å². The van der Waals surface area contributed by atoms with Crippen LogP contribution in [-0.2, 0) is 16.0 Å². The maximum Gasteiger partial charge on any atom is 0.338 e. The zero-order valence-corrected chi connectivity index (χ0v) is 19.5. The van der Waals surface area contributed by atoms with E-state index in [2.05, 4.69) is 13.2 Å². The molecule has 1 atom stereocenters. The van der Waals surface area contributed by atoms with Gasteiger partial charge in [-0.1, -0.05) is 61.7 Å². The fourth-order valence-electron chi connectivity index (χ4n) is 3.30. The van der Waals surface area contributed by atoms with Gasteiger partial charge < -0.3 is 14.6 Å². The highest BCUT2D eigenvalue weighted by Crippen LogP contribution is 2.29. The number of benzene rings is 3. The van der Waals surface area contributed by atoms with Gasteiger partial charge in [-0.2, -0.15) is 0 Å². The first kappa shape index (κ1) is 25.1. The van der Waals surface area contributed by atoms with Gasteiger partial charge in [-0.15, -0.1) is 0 Å². The van der Waals surface area contributed by atoms with Crippen LogP contribution in [0.2, 0.25) is 0 Å². The van der Waals surface area contributed by atoms with Crippen LogP contribution in [0.5, 0.6) is 5.75 Å². The molecular formula is C29H29FO4. The average Bonchev–Trinajstić information content (AvgIpc) is 2.82. The van der Waals surface area contributed by atoms with Crippen molar-refractivity contribution in [2.24, 2.45) is 0 Å². The van der Waals surface area contributed by atoms with Crippen LogP contribution in [-0.4, -0.2) is 24.0 Å². The van der Waals surface area contributed by atoms with Crippen molar-refractivity contribution in [3.05, 3.63) is 102 Å². The second-order valence-electron chi connectivity index (χ2n) is 8.26. The fourth-order valence-corrected chi connectivity index (χ4v) is 3.30. The van der Waals surface area contributed by atoms with Crippen molar-refractivity contribution in [2.45, 2.75) is 33.0 Å². The van der Waals surface area contributed by atoms with E-state index >= 15 is 0 Å². The van der Waals surface area contributed by atoms with E-state index in [0.717, 1.165) is 29.5 Å². The van der Waals surface area contributed by atoms with Gasteiger partial charge in [-0.3, -0.25) is 0 Å². The van der Waals surface area contributed by atoms with E-state index < -0.39 is 12.3 Å². The third-order valence-corrected chi connectivity index (χ3v) is 5.29. The van der Waals surface area contributed by atoms with Crippen LogP contribution >= 0.6 is 0 Å². The summed E-state index contributed by atoms with van der Waals surface area (Å²) in [5.41, 5.74) is 4.90. The number of carbonyl (C=O) groups excluding carboxylic acids is 1. The van der Waals surface area contributed by atoms with Crippen LogP contribution < -0.4 is 4.74 Å². The van der Waals surface area contributed by atoms with E-state index in [1.807, 2.05) is 30.3 Å². The predicted molar refractivity (Wildman–Crippen MR) is 133 cm³/mol. The summed E-state index contributed by atoms with van der Waals surface area (Å²) in [6.07, 6.45) is 0.670. The van der Waals surface area contributed by atoms with Crippen LogP contribution in [0.25, 0.3) is 22.3 Å². The minimum atomic E-state index is -0.919. The lowest BCUT2D eigenvalue weighted by Gasteiger charge is -2.11. The maximum absolute atomic E-state index is 14.9. The van der Waals surface area contributed by atoms with Crippen LogP contribution in [0.3, 0.4) is 0 Å². The maximum atomic E-state index is 14.9. The zero-order valence-electron chi connectivity index (χ0n) is 19.5. The second-order valence-corrected chi connectivity index (χ2v) is 8.26. The molecule has 0 aliphatic carbocycles.